The van der Waals surface area contributed by atoms with Crippen molar-refractivity contribution in [3.63, 3.8) is 0 Å². The first-order chi connectivity index (χ1) is 12.8. The summed E-state index contributed by atoms with van der Waals surface area (Å²) in [6.07, 6.45) is 0. The number of nitrogens with one attached hydrogen (secondary N) is 2. The Morgan fingerprint density at radius 1 is 1.29 bits per heavy atom. The Hall–Kier alpha value is -0.420. The molecule has 0 aromatic carbocycles. The predicted octanol–water partition coefficient (Wildman–Crippen LogP) is 2.40. The monoisotopic (exact) mass is 523 g/mol. The van der Waals surface area contributed by atoms with E-state index >= 15 is 0 Å². The lowest BCUT2D eigenvalue weighted by atomic mass is 10.0. The standard InChI is InChI=1S/C20H37N5OS.HI/c1-6-21-19(23-15-20(4,26)18-8-7-13-27-18)22-14-17(16(2)3)25-11-9-24(5)10-12-25;/h7-8,13,16-17,26H,6,9-12,14-15H2,1-5H3,(H2,21,22,23);1H. The van der Waals surface area contributed by atoms with Crippen LogP contribution in [0.4, 0.5) is 0 Å². The lowest BCUT2D eigenvalue weighted by molar-refractivity contribution is 0.0710. The van der Waals surface area contributed by atoms with Gasteiger partial charge in [-0.15, -0.1) is 35.3 Å². The zero-order valence-electron chi connectivity index (χ0n) is 17.9. The van der Waals surface area contributed by atoms with Crippen molar-refractivity contribution in [2.75, 3.05) is 52.9 Å². The van der Waals surface area contributed by atoms with Gasteiger partial charge in [-0.3, -0.25) is 4.90 Å². The van der Waals surface area contributed by atoms with Crippen LogP contribution in [0.15, 0.2) is 22.5 Å². The summed E-state index contributed by atoms with van der Waals surface area (Å²) in [5.74, 6) is 1.34. The molecule has 0 radical (unpaired) electrons. The lowest BCUT2D eigenvalue weighted by Crippen LogP contribution is -2.55. The average molecular weight is 524 g/mol. The van der Waals surface area contributed by atoms with Crippen LogP contribution in [0.1, 0.15) is 32.6 Å². The Kier molecular flexibility index (Phi) is 11.3. The van der Waals surface area contributed by atoms with Gasteiger partial charge in [0.1, 0.15) is 5.60 Å². The normalized spacial score (nSPS) is 19.8. The van der Waals surface area contributed by atoms with Crippen LogP contribution in [0.2, 0.25) is 0 Å². The topological polar surface area (TPSA) is 63.1 Å². The van der Waals surface area contributed by atoms with E-state index in [1.54, 1.807) is 11.3 Å². The van der Waals surface area contributed by atoms with Crippen molar-refractivity contribution in [1.82, 2.24) is 20.4 Å². The van der Waals surface area contributed by atoms with Crippen LogP contribution < -0.4 is 10.6 Å². The second-order valence-electron chi connectivity index (χ2n) is 7.98. The van der Waals surface area contributed by atoms with Crippen LogP contribution in [0.25, 0.3) is 0 Å². The van der Waals surface area contributed by atoms with Gasteiger partial charge in [0.2, 0.25) is 0 Å². The third-order valence-electron chi connectivity index (χ3n) is 5.20. The van der Waals surface area contributed by atoms with Crippen molar-refractivity contribution in [3.05, 3.63) is 22.4 Å². The molecular formula is C20H38IN5OS. The van der Waals surface area contributed by atoms with Crippen molar-refractivity contribution in [2.45, 2.75) is 39.3 Å². The quantitative estimate of drug-likeness (QED) is 0.278. The zero-order valence-corrected chi connectivity index (χ0v) is 21.1. The molecule has 2 unspecified atom stereocenters. The van der Waals surface area contributed by atoms with Gasteiger partial charge in [-0.05, 0) is 38.3 Å². The lowest BCUT2D eigenvalue weighted by Gasteiger charge is -2.40. The Bertz CT molecular complexity index is 571. The molecule has 0 amide bonds. The molecule has 8 heteroatoms. The SMILES string of the molecule is CCNC(=NCC(C)(O)c1cccs1)NCC(C(C)C)N1CCN(C)CC1.I. The number of thiophene rings is 1. The molecule has 0 spiro atoms. The number of nitrogens with zero attached hydrogens (tertiary/aromatic N) is 3. The van der Waals surface area contributed by atoms with Crippen molar-refractivity contribution in [3.8, 4) is 0 Å². The Morgan fingerprint density at radius 2 is 1.96 bits per heavy atom. The molecule has 1 aromatic rings. The molecule has 2 rings (SSSR count). The number of piperazine rings is 1. The minimum atomic E-state index is -0.939. The fourth-order valence-electron chi connectivity index (χ4n) is 3.38. The highest BCUT2D eigenvalue weighted by Gasteiger charge is 2.26. The van der Waals surface area contributed by atoms with Gasteiger partial charge in [-0.25, -0.2) is 4.99 Å². The first kappa shape index (κ1) is 25.6. The smallest absolute Gasteiger partial charge is 0.191 e. The molecule has 0 saturated carbocycles. The minimum absolute atomic E-state index is 0. The number of guanidine groups is 1. The maximum atomic E-state index is 10.7. The van der Waals surface area contributed by atoms with Crippen LogP contribution >= 0.6 is 35.3 Å². The number of aliphatic hydroxyl groups is 1. The summed E-state index contributed by atoms with van der Waals surface area (Å²) in [4.78, 5) is 10.6. The van der Waals surface area contributed by atoms with E-state index in [0.717, 1.165) is 50.1 Å². The average Bonchev–Trinajstić information content (AvgIpc) is 3.16. The fraction of sp³-hybridized carbons (Fsp3) is 0.750. The summed E-state index contributed by atoms with van der Waals surface area (Å²) >= 11 is 1.57. The van der Waals surface area contributed by atoms with Crippen LogP contribution in [0, 0.1) is 5.92 Å². The van der Waals surface area contributed by atoms with Crippen molar-refractivity contribution < 1.29 is 5.11 Å². The number of rotatable bonds is 8. The maximum absolute atomic E-state index is 10.7. The number of hydrogen-bond donors (Lipinski definition) is 3. The van der Waals surface area contributed by atoms with Gasteiger partial charge >= 0.3 is 0 Å². The molecule has 2 atom stereocenters. The summed E-state index contributed by atoms with van der Waals surface area (Å²) < 4.78 is 0. The molecule has 162 valence electrons. The third kappa shape index (κ3) is 7.78. The van der Waals surface area contributed by atoms with Gasteiger partial charge in [-0.1, -0.05) is 19.9 Å². The third-order valence-corrected chi connectivity index (χ3v) is 6.32. The Morgan fingerprint density at radius 3 is 2.50 bits per heavy atom. The van der Waals surface area contributed by atoms with E-state index in [4.69, 9.17) is 0 Å². The molecule has 3 N–H and O–H groups in total. The van der Waals surface area contributed by atoms with Gasteiger partial charge < -0.3 is 20.6 Å². The Balaban J connectivity index is 0.00000392. The number of halogens is 1. The van der Waals surface area contributed by atoms with Crippen molar-refractivity contribution in [2.24, 2.45) is 10.9 Å². The Labute approximate surface area is 191 Å². The summed E-state index contributed by atoms with van der Waals surface area (Å²) in [6.45, 7) is 14.9. The molecule has 1 saturated heterocycles. The van der Waals surface area contributed by atoms with Gasteiger partial charge in [0.15, 0.2) is 5.96 Å². The van der Waals surface area contributed by atoms with Crippen LogP contribution in [-0.2, 0) is 5.60 Å². The first-order valence-electron chi connectivity index (χ1n) is 10.0. The molecule has 1 aliphatic rings. The summed E-state index contributed by atoms with van der Waals surface area (Å²) in [7, 11) is 2.19. The molecule has 28 heavy (non-hydrogen) atoms. The fourth-order valence-corrected chi connectivity index (χ4v) is 4.16. The van der Waals surface area contributed by atoms with Crippen LogP contribution in [0.3, 0.4) is 0 Å². The van der Waals surface area contributed by atoms with E-state index in [9.17, 15) is 5.11 Å². The minimum Gasteiger partial charge on any atom is -0.383 e. The number of likely N-dealkylation sites (N-methyl/N-ethyl adjacent to an activating group) is 1. The second-order valence-corrected chi connectivity index (χ2v) is 8.93. The van der Waals surface area contributed by atoms with Gasteiger partial charge in [0, 0.05) is 50.2 Å². The highest BCUT2D eigenvalue weighted by molar-refractivity contribution is 14.0. The number of aliphatic imine (C=N–C) groups is 1. The van der Waals surface area contributed by atoms with E-state index in [1.807, 2.05) is 24.4 Å². The van der Waals surface area contributed by atoms with Crippen molar-refractivity contribution in [1.29, 1.82) is 0 Å². The molecule has 1 aliphatic heterocycles. The second kappa shape index (κ2) is 12.3. The predicted molar refractivity (Wildman–Crippen MR) is 131 cm³/mol. The molecule has 2 heterocycles. The zero-order chi connectivity index (χ0) is 19.9. The van der Waals surface area contributed by atoms with E-state index in [-0.39, 0.29) is 24.0 Å². The van der Waals surface area contributed by atoms with Crippen LogP contribution in [0.5, 0.6) is 0 Å². The molecule has 1 fully saturated rings. The molecule has 0 bridgehead atoms. The van der Waals surface area contributed by atoms with E-state index in [0.29, 0.717) is 18.5 Å². The van der Waals surface area contributed by atoms with Gasteiger partial charge in [-0.2, -0.15) is 0 Å². The largest absolute Gasteiger partial charge is 0.383 e. The highest BCUT2D eigenvalue weighted by Crippen LogP contribution is 2.25. The molecular weight excluding hydrogens is 485 g/mol. The number of hydrogen-bond acceptors (Lipinski definition) is 5. The van der Waals surface area contributed by atoms with Crippen molar-refractivity contribution >= 4 is 41.3 Å². The van der Waals surface area contributed by atoms with E-state index < -0.39 is 5.60 Å². The van der Waals surface area contributed by atoms with Gasteiger partial charge in [0.25, 0.3) is 0 Å². The molecule has 0 aliphatic carbocycles. The van der Waals surface area contributed by atoms with Gasteiger partial charge in [0.05, 0.1) is 6.54 Å². The summed E-state index contributed by atoms with van der Waals surface area (Å²) in [5, 5.41) is 19.5. The van der Waals surface area contributed by atoms with Crippen LogP contribution in [-0.4, -0.2) is 79.8 Å². The van der Waals surface area contributed by atoms with E-state index in [2.05, 4.69) is 53.2 Å². The highest BCUT2D eigenvalue weighted by atomic mass is 127. The van der Waals surface area contributed by atoms with E-state index in [1.165, 1.54) is 0 Å². The molecule has 6 nitrogen and oxygen atoms in total. The summed E-state index contributed by atoms with van der Waals surface area (Å²) in [6, 6.07) is 4.40. The first-order valence-corrected chi connectivity index (χ1v) is 10.9. The molecule has 1 aromatic heterocycles. The summed E-state index contributed by atoms with van der Waals surface area (Å²) in [5.41, 5.74) is -0.939. The maximum Gasteiger partial charge on any atom is 0.191 e.